The lowest BCUT2D eigenvalue weighted by molar-refractivity contribution is 0.0254. The number of hydrogen-bond donors (Lipinski definition) is 3. The van der Waals surface area contributed by atoms with Crippen molar-refractivity contribution in [3.8, 4) is 0 Å². The Morgan fingerprint density at radius 2 is 2.13 bits per heavy atom. The van der Waals surface area contributed by atoms with E-state index in [9.17, 15) is 9.90 Å². The van der Waals surface area contributed by atoms with E-state index in [-0.39, 0.29) is 18.8 Å². The van der Waals surface area contributed by atoms with Crippen LogP contribution in [0.5, 0.6) is 0 Å². The van der Waals surface area contributed by atoms with Gasteiger partial charge in [-0.05, 0) is 19.1 Å². The van der Waals surface area contributed by atoms with Gasteiger partial charge < -0.3 is 19.7 Å². The normalized spacial score (nSPS) is 14.9. The molecule has 0 aliphatic heterocycles. The number of aliphatic hydroxyl groups excluding tert-OH is 3. The Bertz CT molecular complexity index is 328. The van der Waals surface area contributed by atoms with Crippen LogP contribution in [0.1, 0.15) is 29.7 Å². The highest BCUT2D eigenvalue weighted by Gasteiger charge is 2.19. The summed E-state index contributed by atoms with van der Waals surface area (Å²) in [5, 5.41) is 27.0. The topological polar surface area (TPSA) is 90.9 Å². The van der Waals surface area contributed by atoms with Crippen molar-refractivity contribution in [2.45, 2.75) is 32.2 Å². The van der Waals surface area contributed by atoms with Crippen LogP contribution in [-0.4, -0.2) is 33.3 Å². The van der Waals surface area contributed by atoms with Crippen LogP contribution in [0.3, 0.4) is 0 Å². The van der Waals surface area contributed by atoms with Crippen LogP contribution in [0.4, 0.5) is 0 Å². The lowest BCUT2D eigenvalue weighted by atomic mass is 10.1. The number of carbonyl (C=O) groups is 1. The molecule has 0 bridgehead atoms. The van der Waals surface area contributed by atoms with Gasteiger partial charge in [-0.3, -0.25) is 4.79 Å². The molecule has 0 saturated carbocycles. The highest BCUT2D eigenvalue weighted by Crippen LogP contribution is 2.12. The molecule has 0 amide bonds. The molecule has 1 aromatic heterocycles. The van der Waals surface area contributed by atoms with Crippen LogP contribution in [0.2, 0.25) is 0 Å². The molecule has 0 spiro atoms. The molecule has 84 valence electrons. The third-order valence-electron chi connectivity index (χ3n) is 2.04. The highest BCUT2D eigenvalue weighted by molar-refractivity contribution is 5.93. The van der Waals surface area contributed by atoms with Gasteiger partial charge in [0.1, 0.15) is 12.4 Å². The Morgan fingerprint density at radius 1 is 1.47 bits per heavy atom. The van der Waals surface area contributed by atoms with Gasteiger partial charge in [0.15, 0.2) is 5.76 Å². The van der Waals surface area contributed by atoms with Crippen molar-refractivity contribution in [2.24, 2.45) is 0 Å². The standard InChI is InChI=1S/C10H14O5/c1-6(12)8(13)4-9(14)10-3-2-7(5-11)15-10/h2-3,6,8,11-13H,4-5H2,1H3. The van der Waals surface area contributed by atoms with Crippen LogP contribution < -0.4 is 0 Å². The van der Waals surface area contributed by atoms with Gasteiger partial charge in [-0.25, -0.2) is 0 Å². The predicted molar refractivity (Wildman–Crippen MR) is 51.3 cm³/mol. The minimum atomic E-state index is -1.10. The fourth-order valence-electron chi connectivity index (χ4n) is 1.07. The Kier molecular flexibility index (Phi) is 4.02. The number of furan rings is 1. The van der Waals surface area contributed by atoms with E-state index in [0.29, 0.717) is 5.76 Å². The minimum Gasteiger partial charge on any atom is -0.456 e. The Hall–Kier alpha value is -1.17. The number of aliphatic hydroxyl groups is 3. The molecule has 0 radical (unpaired) electrons. The summed E-state index contributed by atoms with van der Waals surface area (Å²) < 4.78 is 4.98. The summed E-state index contributed by atoms with van der Waals surface area (Å²) in [4.78, 5) is 11.4. The second kappa shape index (κ2) is 5.06. The van der Waals surface area contributed by atoms with E-state index in [1.54, 1.807) is 0 Å². The molecule has 0 fully saturated rings. The maximum Gasteiger partial charge on any atom is 0.200 e. The molecule has 1 heterocycles. The molecule has 3 N–H and O–H groups in total. The van der Waals surface area contributed by atoms with E-state index in [4.69, 9.17) is 14.6 Å². The van der Waals surface area contributed by atoms with E-state index < -0.39 is 18.0 Å². The molecule has 1 aromatic rings. The molecule has 1 rings (SSSR count). The van der Waals surface area contributed by atoms with Gasteiger partial charge in [-0.2, -0.15) is 0 Å². The average Bonchev–Trinajstić information content (AvgIpc) is 2.65. The molecular weight excluding hydrogens is 200 g/mol. The molecule has 15 heavy (non-hydrogen) atoms. The summed E-state index contributed by atoms with van der Waals surface area (Å²) in [5.74, 6) is -0.0215. The van der Waals surface area contributed by atoms with Gasteiger partial charge in [-0.15, -0.1) is 0 Å². The number of carbonyl (C=O) groups excluding carboxylic acids is 1. The largest absolute Gasteiger partial charge is 0.456 e. The zero-order valence-electron chi connectivity index (χ0n) is 8.38. The van der Waals surface area contributed by atoms with E-state index >= 15 is 0 Å². The monoisotopic (exact) mass is 214 g/mol. The van der Waals surface area contributed by atoms with E-state index in [1.807, 2.05) is 0 Å². The van der Waals surface area contributed by atoms with Crippen LogP contribution in [0.15, 0.2) is 16.5 Å². The molecule has 2 atom stereocenters. The van der Waals surface area contributed by atoms with Crippen molar-refractivity contribution in [3.05, 3.63) is 23.7 Å². The SMILES string of the molecule is CC(O)C(O)CC(=O)c1ccc(CO)o1. The average molecular weight is 214 g/mol. The van der Waals surface area contributed by atoms with Crippen LogP contribution in [0.25, 0.3) is 0 Å². The summed E-state index contributed by atoms with van der Waals surface area (Å²) in [7, 11) is 0. The second-order valence-corrected chi connectivity index (χ2v) is 3.36. The number of Topliss-reactive ketones (excluding diaryl/α,β-unsaturated/α-hetero) is 1. The van der Waals surface area contributed by atoms with Gasteiger partial charge in [0.05, 0.1) is 12.2 Å². The first-order chi connectivity index (χ1) is 7.04. The first-order valence-corrected chi connectivity index (χ1v) is 4.63. The van der Waals surface area contributed by atoms with Gasteiger partial charge in [0.25, 0.3) is 0 Å². The van der Waals surface area contributed by atoms with E-state index in [0.717, 1.165) is 0 Å². The lowest BCUT2D eigenvalue weighted by Gasteiger charge is -2.11. The van der Waals surface area contributed by atoms with Crippen LogP contribution in [-0.2, 0) is 6.61 Å². The first kappa shape index (κ1) is 11.9. The summed E-state index contributed by atoms with van der Waals surface area (Å²) in [6, 6.07) is 2.92. The molecular formula is C10H14O5. The molecule has 0 aromatic carbocycles. The third kappa shape index (κ3) is 3.16. The van der Waals surface area contributed by atoms with Crippen molar-refractivity contribution in [1.29, 1.82) is 0 Å². The van der Waals surface area contributed by atoms with E-state index in [2.05, 4.69) is 0 Å². The molecule has 0 aliphatic rings. The zero-order valence-corrected chi connectivity index (χ0v) is 8.38. The quantitative estimate of drug-likeness (QED) is 0.604. The Balaban J connectivity index is 2.61. The van der Waals surface area contributed by atoms with Crippen LogP contribution >= 0.6 is 0 Å². The highest BCUT2D eigenvalue weighted by atomic mass is 16.4. The summed E-state index contributed by atoms with van der Waals surface area (Å²) >= 11 is 0. The number of rotatable bonds is 5. The van der Waals surface area contributed by atoms with Gasteiger partial charge in [-0.1, -0.05) is 0 Å². The molecule has 0 saturated heterocycles. The number of hydrogen-bond acceptors (Lipinski definition) is 5. The predicted octanol–water partition coefficient (Wildman–Crippen LogP) is 0.0864. The summed E-state index contributed by atoms with van der Waals surface area (Å²) in [6.07, 6.45) is -2.25. The Morgan fingerprint density at radius 3 is 2.60 bits per heavy atom. The van der Waals surface area contributed by atoms with Crippen molar-refractivity contribution in [1.82, 2.24) is 0 Å². The fourth-order valence-corrected chi connectivity index (χ4v) is 1.07. The summed E-state index contributed by atoms with van der Waals surface area (Å²) in [5.41, 5.74) is 0. The minimum absolute atomic E-state index is 0.0822. The summed E-state index contributed by atoms with van der Waals surface area (Å²) in [6.45, 7) is 1.13. The maximum absolute atomic E-state index is 11.4. The molecule has 2 unspecified atom stereocenters. The van der Waals surface area contributed by atoms with Crippen molar-refractivity contribution in [2.75, 3.05) is 0 Å². The molecule has 5 heteroatoms. The molecule has 0 aliphatic carbocycles. The third-order valence-corrected chi connectivity index (χ3v) is 2.04. The van der Waals surface area contributed by atoms with Gasteiger partial charge in [0.2, 0.25) is 5.78 Å². The Labute approximate surface area is 87.0 Å². The first-order valence-electron chi connectivity index (χ1n) is 4.63. The van der Waals surface area contributed by atoms with Gasteiger partial charge >= 0.3 is 0 Å². The van der Waals surface area contributed by atoms with Gasteiger partial charge in [0, 0.05) is 6.42 Å². The zero-order chi connectivity index (χ0) is 11.4. The fraction of sp³-hybridized carbons (Fsp3) is 0.500. The number of ketones is 1. The van der Waals surface area contributed by atoms with Crippen molar-refractivity contribution >= 4 is 5.78 Å². The smallest absolute Gasteiger partial charge is 0.200 e. The lowest BCUT2D eigenvalue weighted by Crippen LogP contribution is -2.25. The molecule has 5 nitrogen and oxygen atoms in total. The second-order valence-electron chi connectivity index (χ2n) is 3.36. The van der Waals surface area contributed by atoms with Crippen molar-refractivity contribution in [3.63, 3.8) is 0 Å². The van der Waals surface area contributed by atoms with Crippen LogP contribution in [0, 0.1) is 0 Å². The maximum atomic E-state index is 11.4. The van der Waals surface area contributed by atoms with E-state index in [1.165, 1.54) is 19.1 Å². The van der Waals surface area contributed by atoms with Crippen molar-refractivity contribution < 1.29 is 24.5 Å².